The van der Waals surface area contributed by atoms with E-state index in [-0.39, 0.29) is 5.57 Å². The van der Waals surface area contributed by atoms with Crippen LogP contribution in [0.1, 0.15) is 26.5 Å². The molecule has 150 valence electrons. The molecule has 0 fully saturated rings. The molecule has 0 aliphatic heterocycles. The Morgan fingerprint density at radius 3 is 2.34 bits per heavy atom. The molecule has 1 heterocycles. The predicted octanol–water partition coefficient (Wildman–Crippen LogP) is 4.49. The first kappa shape index (κ1) is 20.6. The fraction of sp³-hybridized carbons (Fsp3) is 0.227. The first-order chi connectivity index (χ1) is 13.8. The van der Waals surface area contributed by atoms with Crippen LogP contribution in [-0.2, 0) is 10.0 Å². The van der Waals surface area contributed by atoms with Crippen molar-refractivity contribution < 1.29 is 12.8 Å². The number of benzene rings is 2. The van der Waals surface area contributed by atoms with Gasteiger partial charge < -0.3 is 9.32 Å². The van der Waals surface area contributed by atoms with E-state index in [9.17, 15) is 8.42 Å². The summed E-state index contributed by atoms with van der Waals surface area (Å²) >= 11 is 0. The molecule has 29 heavy (non-hydrogen) atoms. The first-order valence-electron chi connectivity index (χ1n) is 9.31. The quantitative estimate of drug-likeness (QED) is 0.605. The van der Waals surface area contributed by atoms with Crippen LogP contribution in [0.4, 0.5) is 5.69 Å². The molecule has 2 aromatic carbocycles. The van der Waals surface area contributed by atoms with Crippen LogP contribution in [-0.4, -0.2) is 21.5 Å². The summed E-state index contributed by atoms with van der Waals surface area (Å²) in [5.74, 6) is 0.878. The molecule has 0 atom stereocenters. The third kappa shape index (κ3) is 4.19. The van der Waals surface area contributed by atoms with Crippen LogP contribution >= 0.6 is 0 Å². The van der Waals surface area contributed by atoms with Gasteiger partial charge in [-0.2, -0.15) is 5.26 Å². The first-order valence-corrected chi connectivity index (χ1v) is 10.9. The zero-order valence-electron chi connectivity index (χ0n) is 16.6. The molecule has 0 radical (unpaired) electrons. The fourth-order valence-electron chi connectivity index (χ4n) is 3.34. The summed E-state index contributed by atoms with van der Waals surface area (Å²) in [6.07, 6.45) is 0. The number of anilines is 1. The van der Waals surface area contributed by atoms with Gasteiger partial charge in [0.25, 0.3) is 0 Å². The molecule has 0 saturated carbocycles. The number of primary sulfonamides is 1. The molecular formula is C22H23N3O3S. The number of nitrogens with zero attached hydrogens (tertiary/aromatic N) is 2. The zero-order valence-corrected chi connectivity index (χ0v) is 17.5. The van der Waals surface area contributed by atoms with Gasteiger partial charge in [-0.05, 0) is 61.9 Å². The lowest BCUT2D eigenvalue weighted by molar-refractivity contribution is 0.566. The SMILES string of the molecule is CCN(CC)c1ccc2cc(-c3ccc(C(C)=C(C#N)S(N)(=O)=O)o3)ccc2c1. The highest BCUT2D eigenvalue weighted by Crippen LogP contribution is 2.31. The van der Waals surface area contributed by atoms with Crippen LogP contribution in [0.3, 0.4) is 0 Å². The third-order valence-corrected chi connectivity index (χ3v) is 5.91. The maximum Gasteiger partial charge on any atom is 0.248 e. The van der Waals surface area contributed by atoms with E-state index >= 15 is 0 Å². The molecule has 0 amide bonds. The van der Waals surface area contributed by atoms with Crippen molar-refractivity contribution in [3.05, 3.63) is 59.2 Å². The van der Waals surface area contributed by atoms with E-state index in [1.807, 2.05) is 18.2 Å². The maximum absolute atomic E-state index is 11.6. The van der Waals surface area contributed by atoms with Crippen molar-refractivity contribution in [3.63, 3.8) is 0 Å². The summed E-state index contributed by atoms with van der Waals surface area (Å²) in [6.45, 7) is 7.67. The average Bonchev–Trinajstić information content (AvgIpc) is 3.18. The highest BCUT2D eigenvalue weighted by Gasteiger charge is 2.19. The van der Waals surface area contributed by atoms with E-state index in [0.29, 0.717) is 11.5 Å². The van der Waals surface area contributed by atoms with Crippen molar-refractivity contribution in [1.29, 1.82) is 5.26 Å². The normalized spacial score (nSPS) is 12.5. The monoisotopic (exact) mass is 409 g/mol. The van der Waals surface area contributed by atoms with E-state index in [1.165, 1.54) is 12.6 Å². The van der Waals surface area contributed by atoms with E-state index < -0.39 is 14.9 Å². The molecule has 0 bridgehead atoms. The van der Waals surface area contributed by atoms with E-state index in [4.69, 9.17) is 14.8 Å². The highest BCUT2D eigenvalue weighted by molar-refractivity contribution is 7.93. The molecule has 3 rings (SSSR count). The maximum atomic E-state index is 11.6. The number of nitriles is 1. The lowest BCUT2D eigenvalue weighted by Gasteiger charge is -2.21. The number of furan rings is 1. The van der Waals surface area contributed by atoms with Crippen molar-refractivity contribution in [2.45, 2.75) is 20.8 Å². The Kier molecular flexibility index (Phi) is 5.78. The van der Waals surface area contributed by atoms with Crippen molar-refractivity contribution >= 4 is 32.1 Å². The molecule has 6 nitrogen and oxygen atoms in total. The van der Waals surface area contributed by atoms with E-state index in [2.05, 4.69) is 36.9 Å². The van der Waals surface area contributed by atoms with Gasteiger partial charge in [0.05, 0.1) is 0 Å². The molecule has 1 aromatic heterocycles. The molecule has 0 saturated heterocycles. The smallest absolute Gasteiger partial charge is 0.248 e. The van der Waals surface area contributed by atoms with Crippen LogP contribution in [0.2, 0.25) is 0 Å². The van der Waals surface area contributed by atoms with Gasteiger partial charge in [-0.3, -0.25) is 0 Å². The summed E-state index contributed by atoms with van der Waals surface area (Å²) in [6, 6.07) is 17.4. The predicted molar refractivity (Wildman–Crippen MR) is 117 cm³/mol. The Balaban J connectivity index is 1.99. The molecule has 0 aliphatic carbocycles. The van der Waals surface area contributed by atoms with Gasteiger partial charge in [0.1, 0.15) is 17.6 Å². The van der Waals surface area contributed by atoms with Gasteiger partial charge in [0.2, 0.25) is 10.0 Å². The lowest BCUT2D eigenvalue weighted by atomic mass is 10.0. The van der Waals surface area contributed by atoms with E-state index in [0.717, 1.165) is 29.4 Å². The Hall–Kier alpha value is -3.08. The van der Waals surface area contributed by atoms with Crippen molar-refractivity contribution in [2.75, 3.05) is 18.0 Å². The van der Waals surface area contributed by atoms with Gasteiger partial charge in [0, 0.05) is 29.9 Å². The Morgan fingerprint density at radius 2 is 1.72 bits per heavy atom. The lowest BCUT2D eigenvalue weighted by Crippen LogP contribution is -2.21. The Labute approximate surface area is 170 Å². The number of nitrogens with two attached hydrogens (primary N) is 1. The largest absolute Gasteiger partial charge is 0.456 e. The molecular weight excluding hydrogens is 386 g/mol. The number of hydrogen-bond acceptors (Lipinski definition) is 5. The molecule has 3 aromatic rings. The number of sulfonamides is 1. The zero-order chi connectivity index (χ0) is 21.2. The molecule has 0 unspecified atom stereocenters. The van der Waals surface area contributed by atoms with E-state index in [1.54, 1.807) is 18.2 Å². The van der Waals surface area contributed by atoms with Crippen LogP contribution < -0.4 is 10.0 Å². The minimum atomic E-state index is -4.11. The second-order valence-corrected chi connectivity index (χ2v) is 8.19. The van der Waals surface area contributed by atoms with Crippen molar-refractivity contribution in [3.8, 4) is 17.4 Å². The van der Waals surface area contributed by atoms with Crippen LogP contribution in [0.15, 0.2) is 57.9 Å². The summed E-state index contributed by atoms with van der Waals surface area (Å²) < 4.78 is 29.0. The third-order valence-electron chi connectivity index (χ3n) is 4.94. The van der Waals surface area contributed by atoms with Gasteiger partial charge in [-0.25, -0.2) is 13.6 Å². The molecule has 2 N–H and O–H groups in total. The second-order valence-electron chi connectivity index (χ2n) is 6.69. The van der Waals surface area contributed by atoms with Crippen LogP contribution in [0.5, 0.6) is 0 Å². The Morgan fingerprint density at radius 1 is 1.07 bits per heavy atom. The molecule has 0 spiro atoms. The number of fused-ring (bicyclic) bond motifs is 1. The van der Waals surface area contributed by atoms with Crippen LogP contribution in [0, 0.1) is 11.3 Å². The minimum Gasteiger partial charge on any atom is -0.456 e. The number of hydrogen-bond donors (Lipinski definition) is 1. The van der Waals surface area contributed by atoms with Gasteiger partial charge in [0.15, 0.2) is 4.91 Å². The molecule has 7 heteroatoms. The molecule has 0 aliphatic rings. The standard InChI is InChI=1S/C22H23N3O3S/c1-4-25(5-2)19-9-8-16-12-18(7-6-17(16)13-19)21-11-10-20(28-21)15(3)22(14-23)29(24,26)27/h6-13H,4-5H2,1-3H3,(H2,24,26,27). The van der Waals surface area contributed by atoms with Crippen molar-refractivity contribution in [2.24, 2.45) is 5.14 Å². The van der Waals surface area contributed by atoms with Gasteiger partial charge in [-0.15, -0.1) is 0 Å². The second kappa shape index (κ2) is 8.11. The van der Waals surface area contributed by atoms with Crippen LogP contribution in [0.25, 0.3) is 27.7 Å². The minimum absolute atomic E-state index is 0.186. The summed E-state index contributed by atoms with van der Waals surface area (Å²) in [4.78, 5) is 1.79. The number of rotatable bonds is 6. The summed E-state index contributed by atoms with van der Waals surface area (Å²) in [5, 5.41) is 16.4. The summed E-state index contributed by atoms with van der Waals surface area (Å²) in [5.41, 5.74) is 2.23. The average molecular weight is 410 g/mol. The fourth-order valence-corrected chi connectivity index (χ4v) is 3.99. The van der Waals surface area contributed by atoms with Gasteiger partial charge >= 0.3 is 0 Å². The topological polar surface area (TPSA) is 100 Å². The number of allylic oxidation sites excluding steroid dienone is 2. The highest BCUT2D eigenvalue weighted by atomic mass is 32.2. The Bertz CT molecular complexity index is 1230. The van der Waals surface area contributed by atoms with Gasteiger partial charge in [-0.1, -0.05) is 18.2 Å². The van der Waals surface area contributed by atoms with Crippen molar-refractivity contribution in [1.82, 2.24) is 0 Å². The summed E-state index contributed by atoms with van der Waals surface area (Å²) in [7, 11) is -4.11.